The zero-order valence-corrected chi connectivity index (χ0v) is 11.4. The second-order valence-corrected chi connectivity index (χ2v) is 5.96. The van der Waals surface area contributed by atoms with E-state index >= 15 is 0 Å². The number of alkyl halides is 1. The molecule has 0 aliphatic rings. The second kappa shape index (κ2) is 6.68. The third-order valence-electron chi connectivity index (χ3n) is 2.37. The lowest BCUT2D eigenvalue weighted by Gasteiger charge is -2.24. The van der Waals surface area contributed by atoms with E-state index in [-0.39, 0.29) is 12.1 Å². The van der Waals surface area contributed by atoms with Crippen molar-refractivity contribution in [2.24, 2.45) is 0 Å². The Labute approximate surface area is 98.2 Å². The van der Waals surface area contributed by atoms with Crippen LogP contribution < -0.4 is 4.72 Å². The first kappa shape index (κ1) is 15.2. The molecule has 0 aliphatic carbocycles. The second-order valence-electron chi connectivity index (χ2n) is 3.82. The van der Waals surface area contributed by atoms with Crippen LogP contribution in [0.5, 0.6) is 0 Å². The van der Waals surface area contributed by atoms with E-state index in [9.17, 15) is 8.42 Å². The topological polar surface area (TPSA) is 49.4 Å². The molecule has 0 amide bonds. The molecule has 1 atom stereocenters. The lowest BCUT2D eigenvalue weighted by molar-refractivity contribution is 0.393. The van der Waals surface area contributed by atoms with Crippen LogP contribution in [0.4, 0.5) is 0 Å². The molecule has 1 N–H and O–H groups in total. The van der Waals surface area contributed by atoms with E-state index in [1.807, 2.05) is 20.8 Å². The molecule has 6 heteroatoms. The molecule has 0 rings (SSSR count). The fourth-order valence-corrected chi connectivity index (χ4v) is 2.74. The van der Waals surface area contributed by atoms with Gasteiger partial charge in [0.05, 0.1) is 0 Å². The zero-order valence-electron chi connectivity index (χ0n) is 9.83. The Morgan fingerprint density at radius 3 is 2.27 bits per heavy atom. The van der Waals surface area contributed by atoms with Gasteiger partial charge in [0.25, 0.3) is 10.2 Å². The first-order valence-corrected chi connectivity index (χ1v) is 7.13. The van der Waals surface area contributed by atoms with E-state index in [0.717, 1.165) is 6.42 Å². The number of halogens is 1. The Morgan fingerprint density at radius 1 is 1.40 bits per heavy atom. The molecule has 0 fully saturated rings. The minimum absolute atomic E-state index is 0.0454. The fourth-order valence-electron chi connectivity index (χ4n) is 1.05. The Kier molecular flexibility index (Phi) is 6.75. The van der Waals surface area contributed by atoms with Crippen LogP contribution in [0.3, 0.4) is 0 Å². The van der Waals surface area contributed by atoms with Crippen LogP contribution in [0.1, 0.15) is 33.6 Å². The van der Waals surface area contributed by atoms with Gasteiger partial charge in [-0.2, -0.15) is 17.4 Å². The van der Waals surface area contributed by atoms with E-state index in [2.05, 4.69) is 4.72 Å². The molecule has 4 nitrogen and oxygen atoms in total. The van der Waals surface area contributed by atoms with E-state index in [1.54, 1.807) is 7.05 Å². The Hall–Kier alpha value is 0.160. The van der Waals surface area contributed by atoms with Gasteiger partial charge in [-0.1, -0.05) is 6.92 Å². The van der Waals surface area contributed by atoms with Crippen molar-refractivity contribution in [3.63, 3.8) is 0 Å². The van der Waals surface area contributed by atoms with Gasteiger partial charge in [0.2, 0.25) is 0 Å². The minimum Gasteiger partial charge on any atom is -0.199 e. The molecule has 1 unspecified atom stereocenters. The molecular formula is C9H21ClN2O2S. The van der Waals surface area contributed by atoms with Gasteiger partial charge < -0.3 is 0 Å². The summed E-state index contributed by atoms with van der Waals surface area (Å²) in [5.41, 5.74) is 0. The monoisotopic (exact) mass is 256 g/mol. The SMILES string of the molecule is CCC(CCCl)NS(=O)(=O)N(C)C(C)C. The summed E-state index contributed by atoms with van der Waals surface area (Å²) in [5, 5.41) is 0. The van der Waals surface area contributed by atoms with Crippen LogP contribution in [0.15, 0.2) is 0 Å². The van der Waals surface area contributed by atoms with Gasteiger partial charge in [-0.25, -0.2) is 0 Å². The predicted octanol–water partition coefficient (Wildman–Crippen LogP) is 1.57. The van der Waals surface area contributed by atoms with Gasteiger partial charge in [0.15, 0.2) is 0 Å². The maximum absolute atomic E-state index is 11.8. The van der Waals surface area contributed by atoms with Crippen LogP contribution in [0.2, 0.25) is 0 Å². The number of hydrogen-bond donors (Lipinski definition) is 1. The van der Waals surface area contributed by atoms with Crippen molar-refractivity contribution in [3.8, 4) is 0 Å². The maximum Gasteiger partial charge on any atom is 0.279 e. The maximum atomic E-state index is 11.8. The standard InChI is InChI=1S/C9H21ClN2O2S/c1-5-9(6-7-10)11-15(13,14)12(4)8(2)3/h8-9,11H,5-7H2,1-4H3. The van der Waals surface area contributed by atoms with Gasteiger partial charge >= 0.3 is 0 Å². The largest absolute Gasteiger partial charge is 0.279 e. The molecule has 0 aromatic heterocycles. The third-order valence-corrected chi connectivity index (χ3v) is 4.40. The van der Waals surface area contributed by atoms with Crippen molar-refractivity contribution in [3.05, 3.63) is 0 Å². The summed E-state index contributed by atoms with van der Waals surface area (Å²) in [7, 11) is -1.80. The van der Waals surface area contributed by atoms with E-state index < -0.39 is 10.2 Å². The highest BCUT2D eigenvalue weighted by Crippen LogP contribution is 2.06. The Balaban J connectivity index is 4.48. The summed E-state index contributed by atoms with van der Waals surface area (Å²) in [4.78, 5) is 0. The van der Waals surface area contributed by atoms with Gasteiger partial charge in [0.1, 0.15) is 0 Å². The quantitative estimate of drug-likeness (QED) is 0.703. The fraction of sp³-hybridized carbons (Fsp3) is 1.00. The summed E-state index contributed by atoms with van der Waals surface area (Å²) in [5.74, 6) is 0.465. The van der Waals surface area contributed by atoms with Crippen molar-refractivity contribution in [1.82, 2.24) is 9.03 Å². The van der Waals surface area contributed by atoms with Gasteiger partial charge in [-0.3, -0.25) is 0 Å². The van der Waals surface area contributed by atoms with Gasteiger partial charge in [0, 0.05) is 25.0 Å². The minimum atomic E-state index is -3.37. The van der Waals surface area contributed by atoms with Crippen LogP contribution in [-0.2, 0) is 10.2 Å². The molecule has 0 saturated heterocycles. The summed E-state index contributed by atoms with van der Waals surface area (Å²) < 4.78 is 27.5. The number of nitrogens with zero attached hydrogens (tertiary/aromatic N) is 1. The van der Waals surface area contributed by atoms with Crippen LogP contribution >= 0.6 is 11.6 Å². The summed E-state index contributed by atoms with van der Waals surface area (Å²) >= 11 is 5.60. The van der Waals surface area contributed by atoms with E-state index in [1.165, 1.54) is 4.31 Å². The van der Waals surface area contributed by atoms with Crippen LogP contribution in [0.25, 0.3) is 0 Å². The molecule has 0 saturated carbocycles. The molecule has 0 aliphatic heterocycles. The summed E-state index contributed by atoms with van der Waals surface area (Å²) in [6, 6.07) is -0.121. The average Bonchev–Trinajstić information content (AvgIpc) is 2.15. The molecule has 92 valence electrons. The molecule has 0 aromatic carbocycles. The normalized spacial score (nSPS) is 14.9. The van der Waals surface area contributed by atoms with Crippen molar-refractivity contribution in [2.45, 2.75) is 45.7 Å². The molecule has 0 radical (unpaired) electrons. The average molecular weight is 257 g/mol. The lowest BCUT2D eigenvalue weighted by Crippen LogP contribution is -2.46. The highest BCUT2D eigenvalue weighted by Gasteiger charge is 2.22. The van der Waals surface area contributed by atoms with Crippen LogP contribution in [-0.4, -0.2) is 37.7 Å². The zero-order chi connectivity index (χ0) is 12.1. The van der Waals surface area contributed by atoms with Crippen molar-refractivity contribution >= 4 is 21.8 Å². The predicted molar refractivity (Wildman–Crippen MR) is 64.4 cm³/mol. The van der Waals surface area contributed by atoms with Crippen molar-refractivity contribution < 1.29 is 8.42 Å². The van der Waals surface area contributed by atoms with Gasteiger partial charge in [-0.05, 0) is 26.7 Å². The number of hydrogen-bond acceptors (Lipinski definition) is 2. The Morgan fingerprint density at radius 2 is 1.93 bits per heavy atom. The van der Waals surface area contributed by atoms with Crippen molar-refractivity contribution in [1.29, 1.82) is 0 Å². The number of nitrogens with one attached hydrogen (secondary N) is 1. The summed E-state index contributed by atoms with van der Waals surface area (Å²) in [6.45, 7) is 5.61. The molecule has 0 bridgehead atoms. The molecule has 15 heavy (non-hydrogen) atoms. The molecule has 0 heterocycles. The van der Waals surface area contributed by atoms with Gasteiger partial charge in [-0.15, -0.1) is 11.6 Å². The lowest BCUT2D eigenvalue weighted by atomic mass is 10.2. The molecule has 0 spiro atoms. The third kappa shape index (κ3) is 5.15. The van der Waals surface area contributed by atoms with Crippen molar-refractivity contribution in [2.75, 3.05) is 12.9 Å². The smallest absolute Gasteiger partial charge is 0.199 e. The molecular weight excluding hydrogens is 236 g/mol. The number of rotatable bonds is 7. The van der Waals surface area contributed by atoms with E-state index in [4.69, 9.17) is 11.6 Å². The Bertz CT molecular complexity index is 267. The van der Waals surface area contributed by atoms with Crippen LogP contribution in [0, 0.1) is 0 Å². The highest BCUT2D eigenvalue weighted by molar-refractivity contribution is 7.87. The highest BCUT2D eigenvalue weighted by atomic mass is 35.5. The first-order valence-electron chi connectivity index (χ1n) is 5.16. The molecule has 0 aromatic rings. The summed E-state index contributed by atoms with van der Waals surface area (Å²) in [6.07, 6.45) is 1.40. The first-order chi connectivity index (χ1) is 6.85. The van der Waals surface area contributed by atoms with E-state index in [0.29, 0.717) is 12.3 Å².